The largest absolute Gasteiger partial charge is 0.466 e. The van der Waals surface area contributed by atoms with Crippen LogP contribution in [0.25, 0.3) is 0 Å². The van der Waals surface area contributed by atoms with Crippen LogP contribution in [0.3, 0.4) is 0 Å². The Morgan fingerprint density at radius 2 is 2.44 bits per heavy atom. The van der Waals surface area contributed by atoms with Crippen molar-refractivity contribution >= 4 is 11.9 Å². The second kappa shape index (κ2) is 4.11. The summed E-state index contributed by atoms with van der Waals surface area (Å²) in [6, 6.07) is -0.0171. The zero-order valence-corrected chi connectivity index (χ0v) is 9.73. The van der Waals surface area contributed by atoms with Crippen molar-refractivity contribution < 1.29 is 9.53 Å². The fourth-order valence-corrected chi connectivity index (χ4v) is 1.91. The monoisotopic (exact) mass is 224 g/mol. The summed E-state index contributed by atoms with van der Waals surface area (Å²) in [5.41, 5.74) is 0. The highest BCUT2D eigenvalue weighted by Crippen LogP contribution is 2.26. The standard InChI is InChI=1S/C10H16N4O2/c1-4-16-9(15)8-5-11-10-12-7(3)13-14(10)6(8)2/h6,8H,4-5H2,1-3H3,(H,11,12,13). The molecule has 0 spiro atoms. The predicted molar refractivity (Wildman–Crippen MR) is 58.1 cm³/mol. The van der Waals surface area contributed by atoms with E-state index in [0.717, 1.165) is 5.95 Å². The Hall–Kier alpha value is -1.59. The van der Waals surface area contributed by atoms with Crippen LogP contribution in [0.2, 0.25) is 0 Å². The summed E-state index contributed by atoms with van der Waals surface area (Å²) in [6.45, 7) is 6.56. The van der Waals surface area contributed by atoms with E-state index in [0.29, 0.717) is 19.0 Å². The molecule has 0 amide bonds. The summed E-state index contributed by atoms with van der Waals surface area (Å²) in [5.74, 6) is 1.05. The van der Waals surface area contributed by atoms with E-state index in [1.54, 1.807) is 4.68 Å². The fraction of sp³-hybridized carbons (Fsp3) is 0.700. The molecule has 2 unspecified atom stereocenters. The molecule has 6 nitrogen and oxygen atoms in total. The number of carbonyl (C=O) groups is 1. The van der Waals surface area contributed by atoms with E-state index in [4.69, 9.17) is 4.74 Å². The molecule has 2 rings (SSSR count). The zero-order chi connectivity index (χ0) is 11.7. The first kappa shape index (κ1) is 10.9. The molecule has 2 heterocycles. The third kappa shape index (κ3) is 1.75. The van der Waals surface area contributed by atoms with Crippen molar-refractivity contribution in [2.45, 2.75) is 26.8 Å². The minimum atomic E-state index is -0.200. The van der Waals surface area contributed by atoms with Crippen LogP contribution in [0, 0.1) is 12.8 Å². The van der Waals surface area contributed by atoms with Crippen LogP contribution in [-0.2, 0) is 9.53 Å². The van der Waals surface area contributed by atoms with Crippen molar-refractivity contribution in [1.82, 2.24) is 14.8 Å². The molecule has 1 aliphatic rings. The van der Waals surface area contributed by atoms with Crippen LogP contribution in [0.4, 0.5) is 5.95 Å². The highest BCUT2D eigenvalue weighted by Gasteiger charge is 2.33. The number of hydrogen-bond acceptors (Lipinski definition) is 5. The zero-order valence-electron chi connectivity index (χ0n) is 9.73. The van der Waals surface area contributed by atoms with Gasteiger partial charge in [0.25, 0.3) is 0 Å². The Morgan fingerprint density at radius 3 is 3.12 bits per heavy atom. The number of nitrogens with zero attached hydrogens (tertiary/aromatic N) is 3. The van der Waals surface area contributed by atoms with Gasteiger partial charge in [0.05, 0.1) is 18.6 Å². The highest BCUT2D eigenvalue weighted by atomic mass is 16.5. The van der Waals surface area contributed by atoms with Crippen LogP contribution in [0.1, 0.15) is 25.7 Å². The molecule has 2 atom stereocenters. The lowest BCUT2D eigenvalue weighted by Gasteiger charge is -2.28. The van der Waals surface area contributed by atoms with E-state index >= 15 is 0 Å². The molecule has 88 valence electrons. The molecule has 0 bridgehead atoms. The fourth-order valence-electron chi connectivity index (χ4n) is 1.91. The molecule has 1 aliphatic heterocycles. The van der Waals surface area contributed by atoms with Gasteiger partial charge in [-0.05, 0) is 20.8 Å². The Balaban J connectivity index is 2.20. The highest BCUT2D eigenvalue weighted by molar-refractivity contribution is 5.74. The average molecular weight is 224 g/mol. The number of carbonyl (C=O) groups excluding carboxylic acids is 1. The van der Waals surface area contributed by atoms with Crippen LogP contribution >= 0.6 is 0 Å². The van der Waals surface area contributed by atoms with Crippen LogP contribution in [-0.4, -0.2) is 33.9 Å². The topological polar surface area (TPSA) is 69.0 Å². The second-order valence-corrected chi connectivity index (χ2v) is 3.91. The van der Waals surface area contributed by atoms with Crippen LogP contribution in [0.15, 0.2) is 0 Å². The van der Waals surface area contributed by atoms with Crippen molar-refractivity contribution in [3.63, 3.8) is 0 Å². The SMILES string of the molecule is CCOC(=O)C1CNc2nc(C)nn2C1C. The van der Waals surface area contributed by atoms with Gasteiger partial charge in [-0.15, -0.1) is 0 Å². The third-order valence-corrected chi connectivity index (χ3v) is 2.77. The minimum Gasteiger partial charge on any atom is -0.466 e. The van der Waals surface area contributed by atoms with E-state index in [-0.39, 0.29) is 17.9 Å². The number of hydrogen-bond donors (Lipinski definition) is 1. The number of esters is 1. The van der Waals surface area contributed by atoms with Gasteiger partial charge < -0.3 is 10.1 Å². The molecule has 16 heavy (non-hydrogen) atoms. The first-order valence-electron chi connectivity index (χ1n) is 5.47. The minimum absolute atomic E-state index is 0.0171. The molecule has 1 aromatic rings. The molecule has 0 radical (unpaired) electrons. The Labute approximate surface area is 94.0 Å². The van der Waals surface area contributed by atoms with Crippen LogP contribution < -0.4 is 5.32 Å². The first-order valence-corrected chi connectivity index (χ1v) is 5.47. The van der Waals surface area contributed by atoms with Crippen molar-refractivity contribution in [3.8, 4) is 0 Å². The van der Waals surface area contributed by atoms with E-state index < -0.39 is 0 Å². The molecule has 0 saturated carbocycles. The van der Waals surface area contributed by atoms with Crippen molar-refractivity contribution in [2.75, 3.05) is 18.5 Å². The third-order valence-electron chi connectivity index (χ3n) is 2.77. The van der Waals surface area contributed by atoms with E-state index in [9.17, 15) is 4.79 Å². The van der Waals surface area contributed by atoms with Crippen molar-refractivity contribution in [1.29, 1.82) is 0 Å². The molecule has 1 N–H and O–H groups in total. The smallest absolute Gasteiger partial charge is 0.312 e. The summed E-state index contributed by atoms with van der Waals surface area (Å²) < 4.78 is 6.78. The maximum absolute atomic E-state index is 11.7. The van der Waals surface area contributed by atoms with Gasteiger partial charge in [0.1, 0.15) is 5.82 Å². The summed E-state index contributed by atoms with van der Waals surface area (Å²) in [4.78, 5) is 15.9. The lowest BCUT2D eigenvalue weighted by molar-refractivity contribution is -0.149. The van der Waals surface area contributed by atoms with Crippen molar-refractivity contribution in [3.05, 3.63) is 5.82 Å². The quantitative estimate of drug-likeness (QED) is 0.751. The van der Waals surface area contributed by atoms with Crippen LogP contribution in [0.5, 0.6) is 0 Å². The first-order chi connectivity index (χ1) is 7.63. The van der Waals surface area contributed by atoms with Gasteiger partial charge in [0.15, 0.2) is 0 Å². The Kier molecular flexibility index (Phi) is 2.80. The Bertz CT molecular complexity index is 402. The number of aromatic nitrogens is 3. The number of aryl methyl sites for hydroxylation is 1. The van der Waals surface area contributed by atoms with Gasteiger partial charge >= 0.3 is 5.97 Å². The molecular formula is C10H16N4O2. The van der Waals surface area contributed by atoms with E-state index in [1.807, 2.05) is 20.8 Å². The van der Waals surface area contributed by atoms with Gasteiger partial charge in [-0.3, -0.25) is 4.79 Å². The van der Waals surface area contributed by atoms with Gasteiger partial charge in [0.2, 0.25) is 5.95 Å². The van der Waals surface area contributed by atoms with Gasteiger partial charge in [-0.1, -0.05) is 0 Å². The maximum Gasteiger partial charge on any atom is 0.312 e. The lowest BCUT2D eigenvalue weighted by atomic mass is 10.0. The Morgan fingerprint density at radius 1 is 1.69 bits per heavy atom. The molecule has 0 aromatic carbocycles. The normalized spacial score (nSPS) is 23.4. The summed E-state index contributed by atoms with van der Waals surface area (Å²) in [6.07, 6.45) is 0. The van der Waals surface area contributed by atoms with E-state index in [2.05, 4.69) is 15.4 Å². The van der Waals surface area contributed by atoms with Gasteiger partial charge in [-0.2, -0.15) is 10.1 Å². The molecule has 0 saturated heterocycles. The summed E-state index contributed by atoms with van der Waals surface area (Å²) >= 11 is 0. The molecule has 0 fully saturated rings. The number of rotatable bonds is 2. The van der Waals surface area contributed by atoms with E-state index in [1.165, 1.54) is 0 Å². The number of nitrogens with one attached hydrogen (secondary N) is 1. The maximum atomic E-state index is 11.7. The molecule has 6 heteroatoms. The number of anilines is 1. The predicted octanol–water partition coefficient (Wildman–Crippen LogP) is 0.752. The van der Waals surface area contributed by atoms with Gasteiger partial charge in [-0.25, -0.2) is 4.68 Å². The van der Waals surface area contributed by atoms with Gasteiger partial charge in [0, 0.05) is 6.54 Å². The molecule has 1 aromatic heterocycles. The van der Waals surface area contributed by atoms with Crippen molar-refractivity contribution in [2.24, 2.45) is 5.92 Å². The second-order valence-electron chi connectivity index (χ2n) is 3.91. The number of ether oxygens (including phenoxy) is 1. The lowest BCUT2D eigenvalue weighted by Crippen LogP contribution is -2.37. The summed E-state index contributed by atoms with van der Waals surface area (Å²) in [7, 11) is 0. The molecular weight excluding hydrogens is 208 g/mol. The average Bonchev–Trinajstić information content (AvgIpc) is 2.60. The molecule has 0 aliphatic carbocycles. The summed E-state index contributed by atoms with van der Waals surface area (Å²) in [5, 5.41) is 7.35. The number of fused-ring (bicyclic) bond motifs is 1.